The molecule has 0 radical (unpaired) electrons. The highest BCUT2D eigenvalue weighted by Crippen LogP contribution is 2.31. The summed E-state index contributed by atoms with van der Waals surface area (Å²) in [4.78, 5) is 12.3. The molecule has 2 aromatic carbocycles. The summed E-state index contributed by atoms with van der Waals surface area (Å²) in [7, 11) is 1.52. The van der Waals surface area contributed by atoms with E-state index in [2.05, 4.69) is 15.5 Å². The van der Waals surface area contributed by atoms with E-state index in [0.29, 0.717) is 27.6 Å². The lowest BCUT2D eigenvalue weighted by Crippen LogP contribution is -2.15. The van der Waals surface area contributed by atoms with Crippen LogP contribution in [-0.2, 0) is 11.4 Å². The topological polar surface area (TPSA) is 86.5 Å². The zero-order chi connectivity index (χ0) is 20.8. The summed E-state index contributed by atoms with van der Waals surface area (Å²) in [5, 5.41) is 11.5. The Morgan fingerprint density at radius 2 is 2.07 bits per heavy atom. The van der Waals surface area contributed by atoms with Crippen LogP contribution >= 0.6 is 23.4 Å². The first-order valence-corrected chi connectivity index (χ1v) is 10.1. The van der Waals surface area contributed by atoms with Crippen LogP contribution in [0.25, 0.3) is 0 Å². The van der Waals surface area contributed by atoms with Gasteiger partial charge in [0.2, 0.25) is 5.91 Å². The van der Waals surface area contributed by atoms with Crippen LogP contribution in [0.5, 0.6) is 11.5 Å². The van der Waals surface area contributed by atoms with E-state index in [0.717, 1.165) is 28.6 Å². The van der Waals surface area contributed by atoms with Crippen molar-refractivity contribution in [3.8, 4) is 11.5 Å². The third-order valence-electron chi connectivity index (χ3n) is 3.88. The fraction of sp³-hybridized carbons (Fsp3) is 0.250. The number of rotatable bonds is 8. The van der Waals surface area contributed by atoms with Gasteiger partial charge in [0.25, 0.3) is 11.1 Å². The number of methoxy groups -OCH3 is 1. The van der Waals surface area contributed by atoms with Crippen LogP contribution in [0, 0.1) is 13.8 Å². The molecule has 0 saturated carbocycles. The van der Waals surface area contributed by atoms with Gasteiger partial charge in [-0.1, -0.05) is 35.5 Å². The van der Waals surface area contributed by atoms with Crippen molar-refractivity contribution < 1.29 is 18.7 Å². The number of nitrogens with zero attached hydrogens (tertiary/aromatic N) is 2. The minimum atomic E-state index is -0.231. The van der Waals surface area contributed by atoms with Crippen molar-refractivity contribution in [2.45, 2.75) is 25.7 Å². The van der Waals surface area contributed by atoms with E-state index < -0.39 is 0 Å². The summed E-state index contributed by atoms with van der Waals surface area (Å²) in [5.41, 5.74) is 2.49. The molecule has 1 heterocycles. The molecule has 1 amide bonds. The Bertz CT molecular complexity index is 1010. The fourth-order valence-electron chi connectivity index (χ4n) is 2.45. The number of carbonyl (C=O) groups is 1. The van der Waals surface area contributed by atoms with Gasteiger partial charge in [-0.25, -0.2) is 0 Å². The van der Waals surface area contributed by atoms with Gasteiger partial charge in [0.15, 0.2) is 6.61 Å². The van der Waals surface area contributed by atoms with Crippen molar-refractivity contribution in [1.82, 2.24) is 10.2 Å². The molecule has 1 N–H and O–H groups in total. The van der Waals surface area contributed by atoms with Crippen molar-refractivity contribution in [2.75, 3.05) is 18.2 Å². The van der Waals surface area contributed by atoms with Gasteiger partial charge in [0.1, 0.15) is 11.5 Å². The molecule has 9 heteroatoms. The van der Waals surface area contributed by atoms with Gasteiger partial charge in [-0.2, -0.15) is 0 Å². The summed E-state index contributed by atoms with van der Waals surface area (Å²) in [5.74, 6) is 1.43. The Hall–Kier alpha value is -2.71. The maximum Gasteiger partial charge on any atom is 0.277 e. The van der Waals surface area contributed by atoms with Gasteiger partial charge in [-0.3, -0.25) is 4.79 Å². The minimum Gasteiger partial charge on any atom is -0.495 e. The first-order valence-electron chi connectivity index (χ1n) is 8.73. The maximum absolute atomic E-state index is 12.3. The van der Waals surface area contributed by atoms with Crippen LogP contribution in [-0.4, -0.2) is 29.0 Å². The van der Waals surface area contributed by atoms with E-state index in [1.165, 1.54) is 7.11 Å². The summed E-state index contributed by atoms with van der Waals surface area (Å²) in [6, 6.07) is 11.1. The van der Waals surface area contributed by atoms with Crippen LogP contribution in [0.3, 0.4) is 0 Å². The molecule has 1 aromatic heterocycles. The third-order valence-corrected chi connectivity index (χ3v) is 5.11. The zero-order valence-corrected chi connectivity index (χ0v) is 17.8. The largest absolute Gasteiger partial charge is 0.495 e. The first-order chi connectivity index (χ1) is 13.9. The lowest BCUT2D eigenvalue weighted by Gasteiger charge is -2.11. The number of halogens is 1. The SMILES string of the molecule is COc1cc(Cl)c(C)cc1NC(=O)CSc1nnc(COc2cccc(C)c2)o1. The molecular formula is C20H20ClN3O4S. The number of hydrogen-bond donors (Lipinski definition) is 1. The zero-order valence-electron chi connectivity index (χ0n) is 16.2. The third kappa shape index (κ3) is 5.88. The molecule has 0 aliphatic heterocycles. The number of benzene rings is 2. The number of carbonyl (C=O) groups excluding carboxylic acids is 1. The van der Waals surface area contributed by atoms with E-state index in [-0.39, 0.29) is 18.3 Å². The fourth-order valence-corrected chi connectivity index (χ4v) is 3.18. The Kier molecular flexibility index (Phi) is 7.00. The molecule has 0 spiro atoms. The summed E-state index contributed by atoms with van der Waals surface area (Å²) in [6.45, 7) is 4.00. The molecule has 0 fully saturated rings. The molecule has 0 saturated heterocycles. The molecule has 29 heavy (non-hydrogen) atoms. The molecule has 0 unspecified atom stereocenters. The van der Waals surface area contributed by atoms with E-state index >= 15 is 0 Å². The number of aromatic nitrogens is 2. The highest BCUT2D eigenvalue weighted by atomic mass is 35.5. The normalized spacial score (nSPS) is 10.6. The molecular weight excluding hydrogens is 414 g/mol. The second-order valence-corrected chi connectivity index (χ2v) is 7.54. The summed E-state index contributed by atoms with van der Waals surface area (Å²) < 4.78 is 16.4. The number of nitrogens with one attached hydrogen (secondary N) is 1. The number of anilines is 1. The maximum atomic E-state index is 12.3. The van der Waals surface area contributed by atoms with Gasteiger partial charge in [0.05, 0.1) is 18.6 Å². The van der Waals surface area contributed by atoms with Crippen LogP contribution in [0.1, 0.15) is 17.0 Å². The smallest absolute Gasteiger partial charge is 0.277 e. The van der Waals surface area contributed by atoms with Gasteiger partial charge in [-0.05, 0) is 43.2 Å². The van der Waals surface area contributed by atoms with E-state index in [4.69, 9.17) is 25.5 Å². The monoisotopic (exact) mass is 433 g/mol. The Morgan fingerprint density at radius 3 is 2.83 bits per heavy atom. The number of aryl methyl sites for hydroxylation is 2. The Morgan fingerprint density at radius 1 is 1.24 bits per heavy atom. The lowest BCUT2D eigenvalue weighted by atomic mass is 10.2. The highest BCUT2D eigenvalue weighted by Gasteiger charge is 2.13. The van der Waals surface area contributed by atoms with Crippen LogP contribution in [0.15, 0.2) is 46.0 Å². The van der Waals surface area contributed by atoms with Crippen molar-refractivity contribution >= 4 is 35.0 Å². The summed E-state index contributed by atoms with van der Waals surface area (Å²) >= 11 is 7.22. The van der Waals surface area contributed by atoms with Crippen molar-refractivity contribution in [2.24, 2.45) is 0 Å². The molecule has 152 valence electrons. The standard InChI is InChI=1S/C20H20ClN3O4S/c1-12-5-4-6-14(7-12)27-10-19-23-24-20(28-19)29-11-18(25)22-16-8-13(2)15(21)9-17(16)26-3/h4-9H,10-11H2,1-3H3,(H,22,25). The average Bonchev–Trinajstić information content (AvgIpc) is 3.15. The van der Waals surface area contributed by atoms with Crippen LogP contribution in [0.2, 0.25) is 5.02 Å². The number of amides is 1. The molecule has 0 aliphatic carbocycles. The van der Waals surface area contributed by atoms with Crippen LogP contribution in [0.4, 0.5) is 5.69 Å². The van der Waals surface area contributed by atoms with Crippen LogP contribution < -0.4 is 14.8 Å². The minimum absolute atomic E-state index is 0.102. The molecule has 0 atom stereocenters. The lowest BCUT2D eigenvalue weighted by molar-refractivity contribution is -0.113. The second-order valence-electron chi connectivity index (χ2n) is 6.21. The van der Waals surface area contributed by atoms with Crippen molar-refractivity contribution in [3.63, 3.8) is 0 Å². The van der Waals surface area contributed by atoms with Gasteiger partial charge < -0.3 is 19.2 Å². The van der Waals surface area contributed by atoms with Gasteiger partial charge >= 0.3 is 0 Å². The van der Waals surface area contributed by atoms with Gasteiger partial charge in [0, 0.05) is 11.1 Å². The predicted octanol–water partition coefficient (Wildman–Crippen LogP) is 4.66. The molecule has 7 nitrogen and oxygen atoms in total. The summed E-state index contributed by atoms with van der Waals surface area (Å²) in [6.07, 6.45) is 0. The molecule has 3 rings (SSSR count). The average molecular weight is 434 g/mol. The number of ether oxygens (including phenoxy) is 2. The molecule has 0 aliphatic rings. The quantitative estimate of drug-likeness (QED) is 0.517. The Labute approximate surface area is 177 Å². The molecule has 3 aromatic rings. The van der Waals surface area contributed by atoms with Gasteiger partial charge in [-0.15, -0.1) is 10.2 Å². The number of hydrogen-bond acceptors (Lipinski definition) is 7. The van der Waals surface area contributed by atoms with E-state index in [1.807, 2.05) is 38.1 Å². The van der Waals surface area contributed by atoms with Crippen molar-refractivity contribution in [1.29, 1.82) is 0 Å². The highest BCUT2D eigenvalue weighted by molar-refractivity contribution is 7.99. The molecule has 0 bridgehead atoms. The van der Waals surface area contributed by atoms with E-state index in [1.54, 1.807) is 12.1 Å². The predicted molar refractivity (Wildman–Crippen MR) is 112 cm³/mol. The second kappa shape index (κ2) is 9.67. The number of thioether (sulfide) groups is 1. The first kappa shape index (κ1) is 21.0. The van der Waals surface area contributed by atoms with Crippen molar-refractivity contribution in [3.05, 3.63) is 58.4 Å². The van der Waals surface area contributed by atoms with E-state index in [9.17, 15) is 4.79 Å². The Balaban J connectivity index is 1.52.